The van der Waals surface area contributed by atoms with E-state index < -0.39 is 17.7 Å². The Morgan fingerprint density at radius 2 is 1.90 bits per heavy atom. The lowest BCUT2D eigenvalue weighted by Gasteiger charge is -2.35. The summed E-state index contributed by atoms with van der Waals surface area (Å²) in [6, 6.07) is 3.74. The summed E-state index contributed by atoms with van der Waals surface area (Å²) in [5.41, 5.74) is 6.32. The number of hydrogen-bond acceptors (Lipinski definition) is 2. The molecule has 0 saturated carbocycles. The molecular weight excluding hydrogens is 258 g/mol. The molecule has 20 heavy (non-hydrogen) atoms. The molecule has 1 saturated heterocycles. The average molecular weight is 282 g/mol. The minimum Gasteiger partial charge on any atom is -0.323 e. The van der Waals surface area contributed by atoms with Crippen LogP contribution < -0.4 is 5.73 Å². The fourth-order valence-electron chi connectivity index (χ4n) is 2.99. The molecule has 0 radical (unpaired) electrons. The molecule has 0 spiro atoms. The predicted octanol–water partition coefficient (Wildman–Crippen LogP) is 3.33. The summed E-state index contributed by atoms with van der Waals surface area (Å²) in [7, 11) is 0. The highest BCUT2D eigenvalue weighted by molar-refractivity contribution is 5.22. The number of likely N-dealkylation sites (tertiary alicyclic amines) is 1. The van der Waals surface area contributed by atoms with Gasteiger partial charge in [-0.1, -0.05) is 26.0 Å². The Labute approximate surface area is 120 Å². The molecule has 1 fully saturated rings. The van der Waals surface area contributed by atoms with Crippen LogP contribution in [0.4, 0.5) is 8.78 Å². The van der Waals surface area contributed by atoms with Crippen molar-refractivity contribution in [2.24, 2.45) is 17.6 Å². The largest absolute Gasteiger partial charge is 0.323 e. The molecule has 0 bridgehead atoms. The number of nitrogens with two attached hydrogens (primary N) is 1. The molecule has 2 N–H and O–H groups in total. The fourth-order valence-corrected chi connectivity index (χ4v) is 2.99. The van der Waals surface area contributed by atoms with Crippen LogP contribution in [-0.2, 0) is 0 Å². The van der Waals surface area contributed by atoms with Crippen LogP contribution in [0, 0.1) is 23.5 Å². The van der Waals surface area contributed by atoms with Gasteiger partial charge < -0.3 is 10.6 Å². The average Bonchev–Trinajstić information content (AvgIpc) is 2.42. The van der Waals surface area contributed by atoms with E-state index in [1.54, 1.807) is 6.07 Å². The third-order valence-corrected chi connectivity index (χ3v) is 4.41. The number of nitrogens with zero attached hydrogens (tertiary/aromatic N) is 1. The molecule has 112 valence electrons. The van der Waals surface area contributed by atoms with Crippen LogP contribution in [0.15, 0.2) is 18.2 Å². The van der Waals surface area contributed by atoms with Crippen molar-refractivity contribution in [2.75, 3.05) is 19.6 Å². The summed E-state index contributed by atoms with van der Waals surface area (Å²) in [5.74, 6) is -0.145. The van der Waals surface area contributed by atoms with Gasteiger partial charge in [0, 0.05) is 18.2 Å². The first-order valence-electron chi connectivity index (χ1n) is 7.41. The SMILES string of the molecule is CC(C)C1CCN(CC(N)c2cccc(F)c2F)CC1. The van der Waals surface area contributed by atoms with Crippen molar-refractivity contribution in [1.29, 1.82) is 0 Å². The summed E-state index contributed by atoms with van der Waals surface area (Å²) in [6.07, 6.45) is 2.33. The first-order valence-corrected chi connectivity index (χ1v) is 7.41. The second-order valence-electron chi connectivity index (χ2n) is 6.13. The minimum atomic E-state index is -0.823. The van der Waals surface area contributed by atoms with E-state index in [2.05, 4.69) is 18.7 Å². The van der Waals surface area contributed by atoms with E-state index in [1.165, 1.54) is 6.07 Å². The number of halogens is 2. The van der Waals surface area contributed by atoms with Gasteiger partial charge in [0.2, 0.25) is 0 Å². The van der Waals surface area contributed by atoms with Crippen molar-refractivity contribution >= 4 is 0 Å². The van der Waals surface area contributed by atoms with Gasteiger partial charge in [0.05, 0.1) is 0 Å². The lowest BCUT2D eigenvalue weighted by molar-refractivity contribution is 0.150. The number of hydrogen-bond donors (Lipinski definition) is 1. The Morgan fingerprint density at radius 1 is 1.25 bits per heavy atom. The molecule has 1 atom stereocenters. The summed E-state index contributed by atoms with van der Waals surface area (Å²) < 4.78 is 26.9. The summed E-state index contributed by atoms with van der Waals surface area (Å²) in [5, 5.41) is 0. The first-order chi connectivity index (χ1) is 9.49. The second-order valence-corrected chi connectivity index (χ2v) is 6.13. The van der Waals surface area contributed by atoms with E-state index in [1.807, 2.05) is 0 Å². The maximum absolute atomic E-state index is 13.7. The van der Waals surface area contributed by atoms with Crippen molar-refractivity contribution in [1.82, 2.24) is 4.90 Å². The van der Waals surface area contributed by atoms with Crippen LogP contribution in [0.2, 0.25) is 0 Å². The first kappa shape index (κ1) is 15.4. The maximum Gasteiger partial charge on any atom is 0.163 e. The van der Waals surface area contributed by atoms with Gasteiger partial charge in [0.25, 0.3) is 0 Å². The van der Waals surface area contributed by atoms with Crippen molar-refractivity contribution < 1.29 is 8.78 Å². The molecule has 1 aromatic carbocycles. The molecular formula is C16H24F2N2. The molecule has 0 aromatic heterocycles. The van der Waals surface area contributed by atoms with E-state index in [0.717, 1.165) is 37.9 Å². The highest BCUT2D eigenvalue weighted by atomic mass is 19.2. The zero-order valence-electron chi connectivity index (χ0n) is 12.3. The van der Waals surface area contributed by atoms with Gasteiger partial charge in [0.1, 0.15) is 0 Å². The van der Waals surface area contributed by atoms with Gasteiger partial charge >= 0.3 is 0 Å². The normalized spacial score (nSPS) is 19.5. The molecule has 2 nitrogen and oxygen atoms in total. The Morgan fingerprint density at radius 3 is 2.50 bits per heavy atom. The van der Waals surface area contributed by atoms with Crippen LogP contribution in [0.1, 0.15) is 38.3 Å². The highest BCUT2D eigenvalue weighted by Crippen LogP contribution is 2.26. The number of piperidine rings is 1. The zero-order valence-corrected chi connectivity index (χ0v) is 12.3. The van der Waals surface area contributed by atoms with Crippen LogP contribution in [0.3, 0.4) is 0 Å². The third-order valence-electron chi connectivity index (χ3n) is 4.41. The maximum atomic E-state index is 13.7. The molecule has 1 heterocycles. The fraction of sp³-hybridized carbons (Fsp3) is 0.625. The Bertz CT molecular complexity index is 440. The van der Waals surface area contributed by atoms with Crippen LogP contribution in [0.25, 0.3) is 0 Å². The van der Waals surface area contributed by atoms with E-state index in [4.69, 9.17) is 5.73 Å². The quantitative estimate of drug-likeness (QED) is 0.918. The van der Waals surface area contributed by atoms with E-state index in [0.29, 0.717) is 12.5 Å². The van der Waals surface area contributed by atoms with E-state index in [-0.39, 0.29) is 5.56 Å². The van der Waals surface area contributed by atoms with Gasteiger partial charge in [-0.25, -0.2) is 8.78 Å². The molecule has 1 aliphatic rings. The molecule has 1 aromatic rings. The van der Waals surface area contributed by atoms with E-state index in [9.17, 15) is 8.78 Å². The van der Waals surface area contributed by atoms with Gasteiger partial charge in [-0.3, -0.25) is 0 Å². The van der Waals surface area contributed by atoms with Crippen molar-refractivity contribution in [3.8, 4) is 0 Å². The standard InChI is InChI=1S/C16H24F2N2/c1-11(2)12-6-8-20(9-7-12)10-15(19)13-4-3-5-14(17)16(13)18/h3-5,11-12,15H,6-10,19H2,1-2H3. The molecule has 0 amide bonds. The number of rotatable bonds is 4. The summed E-state index contributed by atoms with van der Waals surface area (Å²) >= 11 is 0. The second kappa shape index (κ2) is 6.64. The Kier molecular flexibility index (Phi) is 5.11. The van der Waals surface area contributed by atoms with Crippen molar-refractivity contribution in [3.63, 3.8) is 0 Å². The van der Waals surface area contributed by atoms with Crippen LogP contribution in [0.5, 0.6) is 0 Å². The smallest absolute Gasteiger partial charge is 0.163 e. The van der Waals surface area contributed by atoms with Gasteiger partial charge in [-0.15, -0.1) is 0 Å². The molecule has 0 aliphatic carbocycles. The lowest BCUT2D eigenvalue weighted by Crippen LogP contribution is -2.39. The predicted molar refractivity (Wildman–Crippen MR) is 77.3 cm³/mol. The molecule has 1 aliphatic heterocycles. The van der Waals surface area contributed by atoms with E-state index >= 15 is 0 Å². The van der Waals surface area contributed by atoms with Gasteiger partial charge in [-0.05, 0) is 43.8 Å². The summed E-state index contributed by atoms with van der Waals surface area (Å²) in [6.45, 7) is 7.09. The third kappa shape index (κ3) is 3.55. The van der Waals surface area contributed by atoms with Crippen LogP contribution in [-0.4, -0.2) is 24.5 Å². The number of benzene rings is 1. The highest BCUT2D eigenvalue weighted by Gasteiger charge is 2.24. The Hall–Kier alpha value is -1.00. The monoisotopic (exact) mass is 282 g/mol. The van der Waals surface area contributed by atoms with Gasteiger partial charge in [0.15, 0.2) is 11.6 Å². The minimum absolute atomic E-state index is 0.274. The lowest BCUT2D eigenvalue weighted by atomic mass is 9.86. The topological polar surface area (TPSA) is 29.3 Å². The Balaban J connectivity index is 1.92. The van der Waals surface area contributed by atoms with Crippen molar-refractivity contribution in [2.45, 2.75) is 32.7 Å². The molecule has 4 heteroatoms. The zero-order chi connectivity index (χ0) is 14.7. The van der Waals surface area contributed by atoms with Gasteiger partial charge in [-0.2, -0.15) is 0 Å². The molecule has 2 rings (SSSR count). The molecule has 1 unspecified atom stereocenters. The van der Waals surface area contributed by atoms with Crippen LogP contribution >= 0.6 is 0 Å². The van der Waals surface area contributed by atoms with Crippen molar-refractivity contribution in [3.05, 3.63) is 35.4 Å². The summed E-state index contributed by atoms with van der Waals surface area (Å²) in [4.78, 5) is 2.26.